The molecule has 3 aliphatic rings. The number of methoxy groups -OCH3 is 1. The molecule has 3 fully saturated rings. The molecule has 2 aliphatic heterocycles. The lowest BCUT2D eigenvalue weighted by Crippen LogP contribution is -2.54. The van der Waals surface area contributed by atoms with Crippen LogP contribution in [0, 0.1) is 29.0 Å². The molecule has 4 amide bonds. The summed E-state index contributed by atoms with van der Waals surface area (Å²) >= 11 is 0. The number of aromatic amines is 1. The number of hydrogen-bond donors (Lipinski definition) is 3. The van der Waals surface area contributed by atoms with Crippen molar-refractivity contribution < 1.29 is 41.5 Å². The summed E-state index contributed by atoms with van der Waals surface area (Å²) < 4.78 is 64.0. The lowest BCUT2D eigenvalue weighted by atomic mass is 9.96. The number of ether oxygens (including phenoxy) is 1. The third kappa shape index (κ3) is 9.12. The fourth-order valence-electron chi connectivity index (χ4n) is 8.54. The van der Waals surface area contributed by atoms with Crippen molar-refractivity contribution in [2.45, 2.75) is 78.7 Å². The zero-order valence-corrected chi connectivity index (χ0v) is 35.8. The molecular formula is C45H52F4N8O5. The Balaban J connectivity index is 1.03. The fourth-order valence-corrected chi connectivity index (χ4v) is 8.54. The summed E-state index contributed by atoms with van der Waals surface area (Å²) in [5.41, 5.74) is -1.01. The minimum absolute atomic E-state index is 0.0254. The normalized spacial score (nSPS) is 21.5. The molecule has 1 aliphatic carbocycles. The smallest absolute Gasteiger partial charge is 0.417 e. The predicted molar refractivity (Wildman–Crippen MR) is 224 cm³/mol. The second kappa shape index (κ2) is 17.0. The van der Waals surface area contributed by atoms with Crippen molar-refractivity contribution in [3.63, 3.8) is 0 Å². The van der Waals surface area contributed by atoms with E-state index in [2.05, 4.69) is 34.4 Å². The highest BCUT2D eigenvalue weighted by Gasteiger charge is 2.52. The maximum atomic E-state index is 15.6. The predicted octanol–water partition coefficient (Wildman–Crippen LogP) is 7.92. The van der Waals surface area contributed by atoms with Gasteiger partial charge in [0.15, 0.2) is 0 Å². The summed E-state index contributed by atoms with van der Waals surface area (Å²) in [5, 5.41) is 4.91. The third-order valence-electron chi connectivity index (χ3n) is 12.3. The van der Waals surface area contributed by atoms with Crippen LogP contribution in [0.1, 0.15) is 82.2 Å². The molecule has 13 nitrogen and oxygen atoms in total. The molecule has 0 spiro atoms. The van der Waals surface area contributed by atoms with Crippen molar-refractivity contribution in [2.24, 2.45) is 23.2 Å². The molecule has 7 rings (SSSR count). The van der Waals surface area contributed by atoms with E-state index < -0.39 is 52.9 Å². The number of H-pyrrole nitrogens is 1. The van der Waals surface area contributed by atoms with Gasteiger partial charge < -0.3 is 35.1 Å². The fraction of sp³-hybridized carbons (Fsp3) is 0.467. The van der Waals surface area contributed by atoms with Gasteiger partial charge >= 0.3 is 12.3 Å². The monoisotopic (exact) mass is 860 g/mol. The number of halogens is 4. The number of alkyl carbamates (subject to hydrolysis) is 1. The average molecular weight is 861 g/mol. The number of anilines is 2. The van der Waals surface area contributed by atoms with Crippen LogP contribution in [0.25, 0.3) is 22.4 Å². The number of carbonyl (C=O) groups excluding carboxylic acids is 4. The average Bonchev–Trinajstić information content (AvgIpc) is 3.51. The SMILES string of the molecule is COC(=O)N[C@H](C(=O)N1C[C@@H](C)C[C@H]1c1nc(-c2ccc(-c3cc(F)c(NC(=O)c4ccc(N5CCN(C(=O)[C@H]6CC6(C)C)C[C@H]5C)nc4)cc3C(F)(F)F)cc2)c[nH]1)C(C)C. The second-order valence-corrected chi connectivity index (χ2v) is 17.8. The summed E-state index contributed by atoms with van der Waals surface area (Å²) in [6, 6.07) is 9.20. The summed E-state index contributed by atoms with van der Waals surface area (Å²) in [6.07, 6.45) is -1.17. The first-order valence-corrected chi connectivity index (χ1v) is 20.8. The molecule has 2 aromatic heterocycles. The minimum Gasteiger partial charge on any atom is -0.453 e. The number of nitrogens with zero attached hydrogens (tertiary/aromatic N) is 5. The van der Waals surface area contributed by atoms with Crippen LogP contribution in [0.4, 0.5) is 33.9 Å². The molecule has 17 heteroatoms. The largest absolute Gasteiger partial charge is 0.453 e. The van der Waals surface area contributed by atoms with Gasteiger partial charge in [0.25, 0.3) is 5.91 Å². The first-order chi connectivity index (χ1) is 29.2. The van der Waals surface area contributed by atoms with E-state index >= 15 is 4.39 Å². The van der Waals surface area contributed by atoms with E-state index in [0.717, 1.165) is 12.5 Å². The van der Waals surface area contributed by atoms with Crippen LogP contribution < -0.4 is 15.5 Å². The Morgan fingerprint density at radius 3 is 2.27 bits per heavy atom. The topological polar surface area (TPSA) is 153 Å². The van der Waals surface area contributed by atoms with Crippen LogP contribution in [-0.2, 0) is 20.5 Å². The highest BCUT2D eigenvalue weighted by atomic mass is 19.4. The first-order valence-electron chi connectivity index (χ1n) is 20.8. The Kier molecular flexibility index (Phi) is 12.1. The Hall–Kier alpha value is -6.00. The Bertz CT molecular complexity index is 2330. The van der Waals surface area contributed by atoms with Gasteiger partial charge in [0.1, 0.15) is 23.5 Å². The summed E-state index contributed by atoms with van der Waals surface area (Å²) in [6.45, 7) is 13.9. The molecular weight excluding hydrogens is 809 g/mol. The molecule has 1 saturated carbocycles. The summed E-state index contributed by atoms with van der Waals surface area (Å²) in [4.78, 5) is 69.7. The Labute approximate surface area is 357 Å². The third-order valence-corrected chi connectivity index (χ3v) is 12.3. The summed E-state index contributed by atoms with van der Waals surface area (Å²) in [7, 11) is 1.23. The molecule has 0 bridgehead atoms. The molecule has 2 aromatic carbocycles. The number of likely N-dealkylation sites (tertiary alicyclic amines) is 1. The maximum Gasteiger partial charge on any atom is 0.417 e. The standard InChI is InChI=1S/C45H52F4N8O5/c1-24(2)38(54-43(61)62-7)42(60)57-22-25(3)16-36(57)39-51-21-35(52-39)28-10-8-27(9-11-28)30-17-33(46)34(18-31(30)45(47,48)49)53-40(58)29-12-13-37(50-20-29)56-15-14-55(23-26(56)4)41(59)32-19-44(32,5)6/h8-13,17-18,20-21,24-26,32,36,38H,14-16,19,22-23H2,1-7H3,(H,51,52)(H,53,58)(H,54,61)/t25-,26+,32+,36-,38-/m0/s1. The second-order valence-electron chi connectivity index (χ2n) is 17.8. The molecule has 3 N–H and O–H groups in total. The quantitative estimate of drug-likeness (QED) is 0.136. The lowest BCUT2D eigenvalue weighted by molar-refractivity contribution is -0.137. The van der Waals surface area contributed by atoms with Crippen LogP contribution in [0.15, 0.2) is 60.9 Å². The number of rotatable bonds is 10. The van der Waals surface area contributed by atoms with Gasteiger partial charge in [-0.25, -0.2) is 19.2 Å². The molecule has 0 unspecified atom stereocenters. The van der Waals surface area contributed by atoms with Crippen LogP contribution in [0.5, 0.6) is 0 Å². The number of nitrogens with one attached hydrogen (secondary N) is 3. The molecule has 2 saturated heterocycles. The van der Waals surface area contributed by atoms with E-state index in [9.17, 15) is 32.3 Å². The van der Waals surface area contributed by atoms with Gasteiger partial charge in [-0.1, -0.05) is 58.9 Å². The molecule has 4 aromatic rings. The van der Waals surface area contributed by atoms with Gasteiger partial charge in [-0.3, -0.25) is 14.4 Å². The number of aromatic nitrogens is 3. The van der Waals surface area contributed by atoms with Crippen LogP contribution in [-0.4, -0.2) is 93.9 Å². The van der Waals surface area contributed by atoms with E-state index in [-0.39, 0.29) is 52.2 Å². The van der Waals surface area contributed by atoms with Gasteiger partial charge in [0.05, 0.1) is 35.7 Å². The minimum atomic E-state index is -4.90. The lowest BCUT2D eigenvalue weighted by Gasteiger charge is -2.40. The van der Waals surface area contributed by atoms with Gasteiger partial charge in [0, 0.05) is 56.1 Å². The van der Waals surface area contributed by atoms with Crippen LogP contribution >= 0.6 is 0 Å². The number of amides is 4. The molecule has 330 valence electrons. The Morgan fingerprint density at radius 2 is 1.68 bits per heavy atom. The number of benzene rings is 2. The van der Waals surface area contributed by atoms with Crippen molar-refractivity contribution in [1.82, 2.24) is 30.1 Å². The van der Waals surface area contributed by atoms with E-state index in [4.69, 9.17) is 9.72 Å². The molecule has 4 heterocycles. The maximum absolute atomic E-state index is 15.6. The Morgan fingerprint density at radius 1 is 0.984 bits per heavy atom. The van der Waals surface area contributed by atoms with Crippen LogP contribution in [0.2, 0.25) is 0 Å². The van der Waals surface area contributed by atoms with Gasteiger partial charge in [-0.15, -0.1) is 0 Å². The first kappa shape index (κ1) is 44.1. The highest BCUT2D eigenvalue weighted by molar-refractivity contribution is 6.04. The number of carbonyl (C=O) groups is 4. The van der Waals surface area contributed by atoms with E-state index in [1.54, 1.807) is 29.3 Å². The zero-order valence-electron chi connectivity index (χ0n) is 35.8. The van der Waals surface area contributed by atoms with E-state index in [1.165, 1.54) is 31.5 Å². The van der Waals surface area contributed by atoms with E-state index in [1.807, 2.05) is 37.5 Å². The number of piperazine rings is 1. The van der Waals surface area contributed by atoms with Crippen molar-refractivity contribution in [2.75, 3.05) is 43.5 Å². The molecule has 0 radical (unpaired) electrons. The van der Waals surface area contributed by atoms with Crippen molar-refractivity contribution >= 4 is 35.3 Å². The number of pyridine rings is 1. The van der Waals surface area contributed by atoms with E-state index in [0.29, 0.717) is 61.6 Å². The summed E-state index contributed by atoms with van der Waals surface area (Å²) in [5.74, 6) is -0.921. The van der Waals surface area contributed by atoms with Gasteiger partial charge in [-0.05, 0) is 72.4 Å². The van der Waals surface area contributed by atoms with Crippen molar-refractivity contribution in [3.05, 3.63) is 83.7 Å². The molecule has 5 atom stereocenters. The van der Waals surface area contributed by atoms with Gasteiger partial charge in [-0.2, -0.15) is 13.2 Å². The number of imidazole rings is 1. The number of alkyl halides is 3. The zero-order chi connectivity index (χ0) is 44.8. The molecule has 62 heavy (non-hydrogen) atoms. The van der Waals surface area contributed by atoms with Crippen molar-refractivity contribution in [1.29, 1.82) is 0 Å². The highest BCUT2D eigenvalue weighted by Crippen LogP contribution is 2.52. The van der Waals surface area contributed by atoms with Crippen LogP contribution in [0.3, 0.4) is 0 Å². The van der Waals surface area contributed by atoms with Crippen molar-refractivity contribution in [3.8, 4) is 22.4 Å². The number of hydrogen-bond acceptors (Lipinski definition) is 8. The van der Waals surface area contributed by atoms with Gasteiger partial charge in [0.2, 0.25) is 11.8 Å².